The number of halogens is 2. The van der Waals surface area contributed by atoms with Crippen LogP contribution >= 0.6 is 23.2 Å². The number of imidazole rings is 1. The lowest BCUT2D eigenvalue weighted by atomic mass is 9.81. The van der Waals surface area contributed by atoms with Gasteiger partial charge in [0.15, 0.2) is 6.29 Å². The van der Waals surface area contributed by atoms with E-state index in [9.17, 15) is 0 Å². The second kappa shape index (κ2) is 13.8. The fourth-order valence-corrected chi connectivity index (χ4v) is 5.10. The van der Waals surface area contributed by atoms with Gasteiger partial charge < -0.3 is 14.0 Å². The summed E-state index contributed by atoms with van der Waals surface area (Å²) >= 11 is 12.4. The third kappa shape index (κ3) is 7.05. The molecular formula is C30H31BCl2N2O2. The lowest BCUT2D eigenvalue weighted by molar-refractivity contribution is -0.0883. The van der Waals surface area contributed by atoms with Gasteiger partial charge in [0.2, 0.25) is 0 Å². The van der Waals surface area contributed by atoms with E-state index in [0.717, 1.165) is 39.8 Å². The van der Waals surface area contributed by atoms with Crippen LogP contribution < -0.4 is 0 Å². The molecule has 0 bridgehead atoms. The van der Waals surface area contributed by atoms with E-state index in [2.05, 4.69) is 28.6 Å². The molecule has 1 unspecified atom stereocenters. The highest BCUT2D eigenvalue weighted by atomic mass is 35.5. The fraction of sp³-hybridized carbons (Fsp3) is 0.300. The van der Waals surface area contributed by atoms with E-state index in [0.29, 0.717) is 25.5 Å². The van der Waals surface area contributed by atoms with E-state index in [1.54, 1.807) is 0 Å². The van der Waals surface area contributed by atoms with Gasteiger partial charge >= 0.3 is 0 Å². The molecule has 1 atom stereocenters. The molecule has 37 heavy (non-hydrogen) atoms. The van der Waals surface area contributed by atoms with Gasteiger partial charge in [0.1, 0.15) is 0 Å². The molecule has 1 aliphatic heterocycles. The Morgan fingerprint density at radius 2 is 1.46 bits per heavy atom. The first-order chi connectivity index (χ1) is 18.1. The van der Waals surface area contributed by atoms with Crippen molar-refractivity contribution in [3.8, 4) is 11.3 Å². The van der Waals surface area contributed by atoms with E-state index >= 15 is 0 Å². The minimum Gasteiger partial charge on any atom is -0.350 e. The van der Waals surface area contributed by atoms with Crippen LogP contribution in [0.5, 0.6) is 0 Å². The standard InChI is InChI=1S/C16H20N2O2.C14H11BCl2/c1-2-13(16-19-8-9-20-16)11-18-12-17-10-15(18)14-6-4-3-5-7-14;15-9-12(10-5-1-3-7-13(10)16)11-6-2-4-8-14(11)17/h3-7,10,12-13,16H,2,8-9,11H2,1H3;1-8,12H,9H2. The number of nitrogens with zero attached hydrogens (tertiary/aromatic N) is 2. The first kappa shape index (κ1) is 27.5. The van der Waals surface area contributed by atoms with Gasteiger partial charge in [-0.05, 0) is 35.2 Å². The van der Waals surface area contributed by atoms with Crippen molar-refractivity contribution >= 4 is 31.0 Å². The van der Waals surface area contributed by atoms with Gasteiger partial charge in [0, 0.05) is 28.4 Å². The molecule has 0 N–H and O–H groups in total. The monoisotopic (exact) mass is 532 g/mol. The average molecular weight is 533 g/mol. The Balaban J connectivity index is 0.000000176. The van der Waals surface area contributed by atoms with E-state index in [1.807, 2.05) is 79.3 Å². The van der Waals surface area contributed by atoms with Gasteiger partial charge in [0.25, 0.3) is 0 Å². The first-order valence-electron chi connectivity index (χ1n) is 12.6. The molecule has 0 spiro atoms. The largest absolute Gasteiger partial charge is 0.350 e. The highest BCUT2D eigenvalue weighted by Crippen LogP contribution is 2.35. The maximum atomic E-state index is 6.20. The normalized spacial score (nSPS) is 14.4. The zero-order valence-electron chi connectivity index (χ0n) is 21.0. The molecule has 1 saturated heterocycles. The molecule has 1 aliphatic rings. The smallest absolute Gasteiger partial charge is 0.162 e. The number of hydrogen-bond donors (Lipinski definition) is 0. The quantitative estimate of drug-likeness (QED) is 0.218. The summed E-state index contributed by atoms with van der Waals surface area (Å²) < 4.78 is 13.5. The Kier molecular flexibility index (Phi) is 10.3. The van der Waals surface area contributed by atoms with Crippen molar-refractivity contribution in [3.05, 3.63) is 113 Å². The summed E-state index contributed by atoms with van der Waals surface area (Å²) in [5.41, 5.74) is 4.37. The van der Waals surface area contributed by atoms with Crippen LogP contribution in [0.1, 0.15) is 30.4 Å². The van der Waals surface area contributed by atoms with Gasteiger partial charge in [-0.3, -0.25) is 0 Å². The molecule has 0 amide bonds. The Morgan fingerprint density at radius 3 is 2.00 bits per heavy atom. The predicted octanol–water partition coefficient (Wildman–Crippen LogP) is 7.66. The summed E-state index contributed by atoms with van der Waals surface area (Å²) in [4.78, 5) is 4.29. The van der Waals surface area contributed by atoms with Crippen LogP contribution in [0.2, 0.25) is 16.4 Å². The fourth-order valence-electron chi connectivity index (χ4n) is 4.56. The van der Waals surface area contributed by atoms with Crippen LogP contribution in [0.4, 0.5) is 0 Å². The van der Waals surface area contributed by atoms with Crippen molar-refractivity contribution < 1.29 is 9.47 Å². The number of ether oxygens (including phenoxy) is 2. The van der Waals surface area contributed by atoms with Crippen molar-refractivity contribution in [2.24, 2.45) is 5.92 Å². The second-order valence-corrected chi connectivity index (χ2v) is 9.72. The minimum atomic E-state index is -0.0778. The molecule has 1 aromatic heterocycles. The zero-order valence-corrected chi connectivity index (χ0v) is 22.5. The molecule has 5 rings (SSSR count). The number of rotatable bonds is 8. The topological polar surface area (TPSA) is 36.3 Å². The van der Waals surface area contributed by atoms with Crippen LogP contribution in [-0.4, -0.2) is 36.9 Å². The Hall–Kier alpha value is -2.57. The van der Waals surface area contributed by atoms with Crippen molar-refractivity contribution in [1.82, 2.24) is 9.55 Å². The molecule has 4 aromatic rings. The summed E-state index contributed by atoms with van der Waals surface area (Å²) in [7, 11) is 5.86. The maximum Gasteiger partial charge on any atom is 0.162 e. The van der Waals surface area contributed by atoms with Gasteiger partial charge in [-0.15, -0.1) is 0 Å². The second-order valence-electron chi connectivity index (χ2n) is 8.91. The van der Waals surface area contributed by atoms with Gasteiger partial charge in [-0.1, -0.05) is 103 Å². The lowest BCUT2D eigenvalue weighted by Crippen LogP contribution is -2.25. The number of hydrogen-bond acceptors (Lipinski definition) is 3. The van der Waals surface area contributed by atoms with E-state index in [1.165, 1.54) is 5.56 Å². The molecule has 1 fully saturated rings. The van der Waals surface area contributed by atoms with E-state index < -0.39 is 0 Å². The highest BCUT2D eigenvalue weighted by molar-refractivity contribution is 6.32. The first-order valence-corrected chi connectivity index (χ1v) is 13.4. The van der Waals surface area contributed by atoms with Crippen LogP contribution in [0, 0.1) is 5.92 Å². The Bertz CT molecular complexity index is 1200. The van der Waals surface area contributed by atoms with Gasteiger partial charge in [-0.25, -0.2) is 4.98 Å². The number of aromatic nitrogens is 2. The zero-order chi connectivity index (χ0) is 26.0. The van der Waals surface area contributed by atoms with Gasteiger partial charge in [-0.2, -0.15) is 0 Å². The van der Waals surface area contributed by atoms with Gasteiger partial charge in [0.05, 0.1) is 39.3 Å². The van der Waals surface area contributed by atoms with Crippen molar-refractivity contribution in [3.63, 3.8) is 0 Å². The third-order valence-corrected chi connectivity index (χ3v) is 7.26. The molecule has 4 nitrogen and oxygen atoms in total. The minimum absolute atomic E-state index is 0.0393. The van der Waals surface area contributed by atoms with Crippen LogP contribution in [0.15, 0.2) is 91.4 Å². The van der Waals surface area contributed by atoms with Crippen LogP contribution in [0.3, 0.4) is 0 Å². The summed E-state index contributed by atoms with van der Waals surface area (Å²) in [6.07, 6.45) is 5.23. The summed E-state index contributed by atoms with van der Waals surface area (Å²) in [5.74, 6) is 0.395. The summed E-state index contributed by atoms with van der Waals surface area (Å²) in [5, 5.41) is 1.45. The highest BCUT2D eigenvalue weighted by Gasteiger charge is 2.26. The van der Waals surface area contributed by atoms with Crippen molar-refractivity contribution in [1.29, 1.82) is 0 Å². The Morgan fingerprint density at radius 1 is 0.892 bits per heavy atom. The van der Waals surface area contributed by atoms with E-state index in [-0.39, 0.29) is 12.2 Å². The van der Waals surface area contributed by atoms with Crippen LogP contribution in [-0.2, 0) is 16.0 Å². The molecule has 2 heterocycles. The number of benzene rings is 3. The molecule has 0 aliphatic carbocycles. The molecule has 2 radical (unpaired) electrons. The molecule has 3 aromatic carbocycles. The van der Waals surface area contributed by atoms with E-state index in [4.69, 9.17) is 40.5 Å². The Labute approximate surface area is 231 Å². The third-order valence-electron chi connectivity index (χ3n) is 6.57. The van der Waals surface area contributed by atoms with Crippen molar-refractivity contribution in [2.75, 3.05) is 13.2 Å². The molecule has 190 valence electrons. The predicted molar refractivity (Wildman–Crippen MR) is 152 cm³/mol. The molecule has 7 heteroatoms. The van der Waals surface area contributed by atoms with Crippen molar-refractivity contribution in [2.45, 2.75) is 38.4 Å². The maximum absolute atomic E-state index is 6.20. The summed E-state index contributed by atoms with van der Waals surface area (Å²) in [6, 6.07) is 25.8. The summed E-state index contributed by atoms with van der Waals surface area (Å²) in [6.45, 7) is 4.45. The lowest BCUT2D eigenvalue weighted by Gasteiger charge is -2.22. The molecular weight excluding hydrogens is 502 g/mol. The average Bonchev–Trinajstić information content (AvgIpc) is 3.63. The SMILES string of the molecule is CCC(Cn1cncc1-c1ccccc1)C1OCCO1.[B]CC(c1ccccc1Cl)c1ccccc1Cl. The molecule has 0 saturated carbocycles. The van der Waals surface area contributed by atoms with Crippen LogP contribution in [0.25, 0.3) is 11.3 Å².